The summed E-state index contributed by atoms with van der Waals surface area (Å²) < 4.78 is 17.9. The topological polar surface area (TPSA) is 112 Å². The summed E-state index contributed by atoms with van der Waals surface area (Å²) in [7, 11) is 0. The quantitative estimate of drug-likeness (QED) is 0.282. The molecule has 2 aromatic heterocycles. The first kappa shape index (κ1) is 22.0. The number of aliphatic hydroxyl groups excluding tert-OH is 1. The van der Waals surface area contributed by atoms with Crippen LogP contribution >= 0.6 is 0 Å². The number of benzene rings is 2. The van der Waals surface area contributed by atoms with E-state index >= 15 is 0 Å². The van der Waals surface area contributed by atoms with Crippen LogP contribution in [0.3, 0.4) is 0 Å². The Morgan fingerprint density at radius 3 is 2.68 bits per heavy atom. The van der Waals surface area contributed by atoms with Gasteiger partial charge in [-0.1, -0.05) is 30.3 Å². The van der Waals surface area contributed by atoms with Gasteiger partial charge in [-0.15, -0.1) is 0 Å². The number of nitrogens with zero attached hydrogens (tertiary/aromatic N) is 2. The highest BCUT2D eigenvalue weighted by Gasteiger charge is 2.35. The maximum absolute atomic E-state index is 13.4. The Kier molecular flexibility index (Phi) is 5.02. The van der Waals surface area contributed by atoms with E-state index in [1.807, 2.05) is 30.3 Å². The first-order valence-electron chi connectivity index (χ1n) is 12.2. The van der Waals surface area contributed by atoms with Gasteiger partial charge in [-0.2, -0.15) is 0 Å². The van der Waals surface area contributed by atoms with Crippen molar-refractivity contribution in [2.75, 3.05) is 13.3 Å². The van der Waals surface area contributed by atoms with E-state index in [9.17, 15) is 14.7 Å². The third kappa shape index (κ3) is 3.50. The van der Waals surface area contributed by atoms with Gasteiger partial charge in [0.15, 0.2) is 17.6 Å². The van der Waals surface area contributed by atoms with Crippen LogP contribution in [0.2, 0.25) is 0 Å². The summed E-state index contributed by atoms with van der Waals surface area (Å²) in [6, 6.07) is 15.8. The van der Waals surface area contributed by atoms with Gasteiger partial charge in [-0.05, 0) is 36.2 Å². The number of pyridine rings is 2. The number of nitrogens with one attached hydrogen (secondary N) is 1. The molecule has 3 aliphatic rings. The van der Waals surface area contributed by atoms with Gasteiger partial charge in [0.25, 0.3) is 5.56 Å². The lowest BCUT2D eigenvalue weighted by atomic mass is 9.98. The second kappa shape index (κ2) is 8.43. The second-order valence-corrected chi connectivity index (χ2v) is 9.42. The van der Waals surface area contributed by atoms with Crippen molar-refractivity contribution in [3.05, 3.63) is 86.7 Å². The molecule has 2 N–H and O–H groups in total. The zero-order valence-electron chi connectivity index (χ0n) is 19.8. The summed E-state index contributed by atoms with van der Waals surface area (Å²) in [5.74, 6) is 0.543. The Balaban J connectivity index is 1.33. The van der Waals surface area contributed by atoms with Gasteiger partial charge in [0.05, 0.1) is 29.0 Å². The number of carbonyl (C=O) groups is 1. The number of carbonyl (C=O) groups excluding carboxylic acids is 1. The highest BCUT2D eigenvalue weighted by atomic mass is 16.7. The van der Waals surface area contributed by atoms with Gasteiger partial charge < -0.3 is 29.2 Å². The smallest absolute Gasteiger partial charge is 0.340 e. The van der Waals surface area contributed by atoms with Crippen LogP contribution in [0.25, 0.3) is 22.3 Å². The van der Waals surface area contributed by atoms with E-state index in [1.165, 1.54) is 5.56 Å². The Morgan fingerprint density at radius 1 is 1.03 bits per heavy atom. The third-order valence-electron chi connectivity index (χ3n) is 7.30. The van der Waals surface area contributed by atoms with E-state index in [0.29, 0.717) is 41.5 Å². The molecule has 7 rings (SSSR count). The normalized spacial score (nSPS) is 16.9. The van der Waals surface area contributed by atoms with Crippen LogP contribution in [-0.2, 0) is 35.6 Å². The Hall–Kier alpha value is -4.21. The molecular formula is C28H23N3O6. The predicted octanol–water partition coefficient (Wildman–Crippen LogP) is 2.58. The minimum atomic E-state index is -1.49. The largest absolute Gasteiger partial charge is 0.458 e. The zero-order chi connectivity index (χ0) is 25.1. The molecule has 2 aromatic carbocycles. The molecule has 3 aliphatic heterocycles. The van der Waals surface area contributed by atoms with E-state index in [1.54, 1.807) is 10.6 Å². The molecule has 1 unspecified atom stereocenters. The third-order valence-corrected chi connectivity index (χ3v) is 7.30. The lowest BCUT2D eigenvalue weighted by Gasteiger charge is -2.21. The molecule has 9 heteroatoms. The maximum atomic E-state index is 13.4. The van der Waals surface area contributed by atoms with Gasteiger partial charge in [0.2, 0.25) is 6.79 Å². The fourth-order valence-corrected chi connectivity index (χ4v) is 5.39. The Labute approximate surface area is 211 Å². The molecule has 37 heavy (non-hydrogen) atoms. The van der Waals surface area contributed by atoms with E-state index in [4.69, 9.17) is 19.2 Å². The molecule has 0 saturated heterocycles. The summed E-state index contributed by atoms with van der Waals surface area (Å²) in [6.45, 7) is 1.70. The van der Waals surface area contributed by atoms with Crippen molar-refractivity contribution < 1.29 is 24.1 Å². The summed E-state index contributed by atoms with van der Waals surface area (Å²) in [5, 5.41) is 14.9. The molecule has 186 valence electrons. The number of aliphatic hydroxyl groups is 1. The number of ether oxygens (including phenoxy) is 3. The van der Waals surface area contributed by atoms with Crippen LogP contribution in [0.4, 0.5) is 0 Å². The van der Waals surface area contributed by atoms with Crippen LogP contribution in [0, 0.1) is 0 Å². The molecule has 5 heterocycles. The van der Waals surface area contributed by atoms with Crippen molar-refractivity contribution in [1.82, 2.24) is 14.9 Å². The molecule has 4 aromatic rings. The standard InChI is InChI=1S/C28H23N3O6/c32-26-17-8-22-25-19(12-31(22)27(33)20(17)13-35-28(26)34)18(11-29-7-6-15-4-2-1-3-5-15)16-9-23-24(37-14-36-23)10-21(16)30-25/h1-5,8-10,26,29,32H,6-7,11-14H2. The van der Waals surface area contributed by atoms with Crippen LogP contribution in [0.5, 0.6) is 11.5 Å². The number of hydrogen-bond donors (Lipinski definition) is 2. The minimum absolute atomic E-state index is 0.147. The Bertz CT molecular complexity index is 1650. The summed E-state index contributed by atoms with van der Waals surface area (Å²) in [6.07, 6.45) is -0.601. The molecule has 9 nitrogen and oxygen atoms in total. The monoisotopic (exact) mass is 497 g/mol. The molecule has 0 amide bonds. The first-order chi connectivity index (χ1) is 18.1. The number of hydrogen-bond acceptors (Lipinski definition) is 8. The average Bonchev–Trinajstić information content (AvgIpc) is 3.52. The number of rotatable bonds is 5. The minimum Gasteiger partial charge on any atom is -0.458 e. The van der Waals surface area contributed by atoms with Crippen molar-refractivity contribution in [2.24, 2.45) is 0 Å². The van der Waals surface area contributed by atoms with Crippen LogP contribution in [0.1, 0.15) is 33.9 Å². The van der Waals surface area contributed by atoms with Crippen LogP contribution < -0.4 is 20.3 Å². The lowest BCUT2D eigenvalue weighted by Crippen LogP contribution is -2.32. The predicted molar refractivity (Wildman–Crippen MR) is 133 cm³/mol. The van der Waals surface area contributed by atoms with E-state index in [-0.39, 0.29) is 24.5 Å². The average molecular weight is 498 g/mol. The van der Waals surface area contributed by atoms with Crippen LogP contribution in [-0.4, -0.2) is 34.0 Å². The molecule has 0 bridgehead atoms. The molecule has 0 saturated carbocycles. The lowest BCUT2D eigenvalue weighted by molar-refractivity contribution is -0.157. The van der Waals surface area contributed by atoms with Gasteiger partial charge in [-0.25, -0.2) is 9.78 Å². The van der Waals surface area contributed by atoms with Crippen molar-refractivity contribution in [2.45, 2.75) is 32.2 Å². The molecule has 1 atom stereocenters. The Morgan fingerprint density at radius 2 is 1.84 bits per heavy atom. The number of esters is 1. The summed E-state index contributed by atoms with van der Waals surface area (Å²) >= 11 is 0. The number of aromatic nitrogens is 2. The van der Waals surface area contributed by atoms with E-state index < -0.39 is 12.1 Å². The van der Waals surface area contributed by atoms with E-state index in [0.717, 1.165) is 35.0 Å². The maximum Gasteiger partial charge on any atom is 0.340 e. The summed E-state index contributed by atoms with van der Waals surface area (Å²) in [4.78, 5) is 30.3. The highest BCUT2D eigenvalue weighted by Crippen LogP contribution is 2.42. The van der Waals surface area contributed by atoms with Crippen molar-refractivity contribution in [3.63, 3.8) is 0 Å². The fourth-order valence-electron chi connectivity index (χ4n) is 5.39. The van der Waals surface area contributed by atoms with Gasteiger partial charge in [0, 0.05) is 29.1 Å². The first-order valence-corrected chi connectivity index (χ1v) is 12.2. The van der Waals surface area contributed by atoms with Crippen molar-refractivity contribution in [3.8, 4) is 22.9 Å². The molecular weight excluding hydrogens is 474 g/mol. The fraction of sp³-hybridized carbons (Fsp3) is 0.250. The van der Waals surface area contributed by atoms with Gasteiger partial charge >= 0.3 is 5.97 Å². The highest BCUT2D eigenvalue weighted by molar-refractivity contribution is 5.91. The molecule has 0 fully saturated rings. The molecule has 0 spiro atoms. The molecule has 0 radical (unpaired) electrons. The second-order valence-electron chi connectivity index (χ2n) is 9.42. The van der Waals surface area contributed by atoms with Crippen molar-refractivity contribution in [1.29, 1.82) is 0 Å². The summed E-state index contributed by atoms with van der Waals surface area (Å²) in [5.41, 5.74) is 5.49. The number of cyclic esters (lactones) is 1. The van der Waals surface area contributed by atoms with Gasteiger partial charge in [-0.3, -0.25) is 4.79 Å². The van der Waals surface area contributed by atoms with Crippen molar-refractivity contribution >= 4 is 16.9 Å². The number of fused-ring (bicyclic) bond motifs is 6. The SMILES string of the molecule is O=C1OCc2c(cc3n(c2=O)Cc2c-3nc3cc4c(cc3c2CNCCc2ccccc2)OCO4)C1O. The van der Waals surface area contributed by atoms with Gasteiger partial charge in [0.1, 0.15) is 6.61 Å². The zero-order valence-corrected chi connectivity index (χ0v) is 19.8. The van der Waals surface area contributed by atoms with Crippen LogP contribution in [0.15, 0.2) is 53.3 Å². The molecule has 0 aliphatic carbocycles. The van der Waals surface area contributed by atoms with E-state index in [2.05, 4.69) is 17.4 Å².